The van der Waals surface area contributed by atoms with E-state index in [0.29, 0.717) is 16.1 Å². The number of aromatic hydroxyl groups is 1. The Morgan fingerprint density at radius 1 is 1.06 bits per heavy atom. The van der Waals surface area contributed by atoms with Crippen molar-refractivity contribution in [3.05, 3.63) is 79.7 Å². The van der Waals surface area contributed by atoms with Gasteiger partial charge in [-0.1, -0.05) is 41.9 Å². The van der Waals surface area contributed by atoms with Crippen molar-refractivity contribution in [1.29, 1.82) is 0 Å². The lowest BCUT2D eigenvalue weighted by Gasteiger charge is -2.22. The van der Waals surface area contributed by atoms with Crippen molar-refractivity contribution in [1.82, 2.24) is 25.0 Å². The monoisotopic (exact) mass is 479 g/mol. The summed E-state index contributed by atoms with van der Waals surface area (Å²) in [6, 6.07) is 12.7. The Kier molecular flexibility index (Phi) is 4.90. The first-order valence-electron chi connectivity index (χ1n) is 10.4. The zero-order valence-corrected chi connectivity index (χ0v) is 18.6. The average molecular weight is 480 g/mol. The Labute approximate surface area is 196 Å². The lowest BCUT2D eigenvalue weighted by atomic mass is 9.92. The number of amides is 3. The fraction of sp³-hybridized carbons (Fsp3) is 0.174. The van der Waals surface area contributed by atoms with Crippen LogP contribution in [0.25, 0.3) is 21.8 Å². The minimum Gasteiger partial charge on any atom is -0.491 e. The van der Waals surface area contributed by atoms with Crippen molar-refractivity contribution < 1.29 is 14.7 Å². The van der Waals surface area contributed by atoms with Crippen LogP contribution in [0.3, 0.4) is 0 Å². The highest BCUT2D eigenvalue weighted by atomic mass is 35.5. The maximum atomic E-state index is 13.1. The summed E-state index contributed by atoms with van der Waals surface area (Å²) < 4.78 is 0.868. The van der Waals surface area contributed by atoms with Gasteiger partial charge in [0.15, 0.2) is 0 Å². The lowest BCUT2D eigenvalue weighted by Crippen LogP contribution is -2.41. The smallest absolute Gasteiger partial charge is 0.325 e. The summed E-state index contributed by atoms with van der Waals surface area (Å²) in [6.07, 6.45) is 0. The molecular formula is C23H18ClN5O5. The number of carbonyl (C=O) groups is 2. The first kappa shape index (κ1) is 21.7. The van der Waals surface area contributed by atoms with E-state index < -0.39 is 34.3 Å². The molecule has 0 bridgehead atoms. The SMILES string of the molecule is CC1(c2ccccc2)NC(=O)N(CCn2nc(O)c3[nH]c4cc(Cl)ccc4c(=O)c3c2=O)C1=O. The number of aromatic amines is 1. The van der Waals surface area contributed by atoms with E-state index in [0.717, 1.165) is 9.58 Å². The van der Waals surface area contributed by atoms with Gasteiger partial charge in [-0.05, 0) is 30.7 Å². The second-order valence-electron chi connectivity index (χ2n) is 8.12. The van der Waals surface area contributed by atoms with Gasteiger partial charge in [0, 0.05) is 10.4 Å². The Morgan fingerprint density at radius 3 is 2.53 bits per heavy atom. The van der Waals surface area contributed by atoms with Gasteiger partial charge in [0.05, 0.1) is 18.6 Å². The van der Waals surface area contributed by atoms with Crippen LogP contribution in [-0.4, -0.2) is 43.3 Å². The van der Waals surface area contributed by atoms with Gasteiger partial charge < -0.3 is 15.4 Å². The first-order valence-corrected chi connectivity index (χ1v) is 10.7. The fourth-order valence-electron chi connectivity index (χ4n) is 4.19. The Bertz CT molecular complexity index is 1610. The number of H-pyrrole nitrogens is 1. The molecule has 1 saturated heterocycles. The standard InChI is InChI=1S/C23H18ClN5O5/c1-23(12-5-3-2-4-6-12)21(33)28(22(34)26-23)9-10-29-20(32)16-17(19(31)27-29)25-15-11-13(24)7-8-14(15)18(16)30/h2-8,11H,9-10H2,1H3,(H,25,30)(H,26,34)(H,27,31). The van der Waals surface area contributed by atoms with Crippen LogP contribution >= 0.6 is 11.6 Å². The molecule has 0 radical (unpaired) electrons. The summed E-state index contributed by atoms with van der Waals surface area (Å²) in [4.78, 5) is 55.5. The summed E-state index contributed by atoms with van der Waals surface area (Å²) in [6.45, 7) is 1.20. The molecule has 1 aliphatic rings. The Balaban J connectivity index is 1.50. The number of aromatic nitrogens is 3. The van der Waals surface area contributed by atoms with Crippen LogP contribution in [0.5, 0.6) is 5.88 Å². The number of imide groups is 1. The van der Waals surface area contributed by atoms with Gasteiger partial charge in [-0.3, -0.25) is 19.3 Å². The molecule has 1 aliphatic heterocycles. The van der Waals surface area contributed by atoms with E-state index in [1.807, 2.05) is 0 Å². The van der Waals surface area contributed by atoms with E-state index in [-0.39, 0.29) is 29.4 Å². The Hall–Kier alpha value is -4.18. The van der Waals surface area contributed by atoms with Gasteiger partial charge >= 0.3 is 6.03 Å². The number of benzene rings is 2. The van der Waals surface area contributed by atoms with Gasteiger partial charge in [0.2, 0.25) is 5.43 Å². The van der Waals surface area contributed by atoms with Crippen molar-refractivity contribution in [2.75, 3.05) is 6.54 Å². The quantitative estimate of drug-likeness (QED) is 0.302. The average Bonchev–Trinajstić information content (AvgIpc) is 3.04. The van der Waals surface area contributed by atoms with Crippen molar-refractivity contribution in [3.63, 3.8) is 0 Å². The molecule has 4 aromatic rings. The number of rotatable bonds is 4. The van der Waals surface area contributed by atoms with E-state index in [1.165, 1.54) is 18.2 Å². The summed E-state index contributed by atoms with van der Waals surface area (Å²) in [5.41, 5.74) is -1.76. The van der Waals surface area contributed by atoms with E-state index >= 15 is 0 Å². The number of nitrogens with one attached hydrogen (secondary N) is 2. The molecule has 172 valence electrons. The van der Waals surface area contributed by atoms with Crippen molar-refractivity contribution in [2.24, 2.45) is 0 Å². The maximum Gasteiger partial charge on any atom is 0.325 e. The molecule has 5 rings (SSSR count). The van der Waals surface area contributed by atoms with Crippen LogP contribution in [0.2, 0.25) is 5.02 Å². The molecule has 34 heavy (non-hydrogen) atoms. The predicted octanol–water partition coefficient (Wildman–Crippen LogP) is 2.06. The number of urea groups is 1. The van der Waals surface area contributed by atoms with E-state index in [2.05, 4.69) is 15.4 Å². The third-order valence-electron chi connectivity index (χ3n) is 6.01. The third kappa shape index (κ3) is 3.22. The molecule has 0 saturated carbocycles. The molecule has 0 spiro atoms. The summed E-state index contributed by atoms with van der Waals surface area (Å²) in [5.74, 6) is -1.05. The number of fused-ring (bicyclic) bond motifs is 2. The second kappa shape index (κ2) is 7.70. The summed E-state index contributed by atoms with van der Waals surface area (Å²) in [7, 11) is 0. The minimum absolute atomic E-state index is 0.118. The molecule has 3 N–H and O–H groups in total. The largest absolute Gasteiger partial charge is 0.491 e. The molecule has 1 fully saturated rings. The fourth-order valence-corrected chi connectivity index (χ4v) is 4.36. The number of carbonyl (C=O) groups excluding carboxylic acids is 2. The van der Waals surface area contributed by atoms with Crippen LogP contribution in [0.1, 0.15) is 12.5 Å². The van der Waals surface area contributed by atoms with Gasteiger partial charge in [-0.2, -0.15) is 0 Å². The van der Waals surface area contributed by atoms with Crippen molar-refractivity contribution in [3.8, 4) is 5.88 Å². The van der Waals surface area contributed by atoms with Crippen LogP contribution in [-0.2, 0) is 16.9 Å². The molecule has 3 heterocycles. The predicted molar refractivity (Wildman–Crippen MR) is 125 cm³/mol. The van der Waals surface area contributed by atoms with Crippen LogP contribution in [0.15, 0.2) is 58.1 Å². The van der Waals surface area contributed by atoms with Crippen LogP contribution < -0.4 is 16.3 Å². The zero-order valence-electron chi connectivity index (χ0n) is 17.8. The minimum atomic E-state index is -1.25. The molecule has 1 atom stereocenters. The van der Waals surface area contributed by atoms with Gasteiger partial charge in [0.25, 0.3) is 17.3 Å². The summed E-state index contributed by atoms with van der Waals surface area (Å²) >= 11 is 5.97. The molecular weight excluding hydrogens is 462 g/mol. The van der Waals surface area contributed by atoms with Crippen molar-refractivity contribution >= 4 is 45.3 Å². The number of nitrogens with zero attached hydrogens (tertiary/aromatic N) is 3. The highest BCUT2D eigenvalue weighted by Gasteiger charge is 2.48. The summed E-state index contributed by atoms with van der Waals surface area (Å²) in [5, 5.41) is 17.3. The first-order chi connectivity index (χ1) is 16.2. The third-order valence-corrected chi connectivity index (χ3v) is 6.25. The maximum absolute atomic E-state index is 13.1. The molecule has 3 amide bonds. The van der Waals surface area contributed by atoms with Gasteiger partial charge in [-0.15, -0.1) is 5.10 Å². The van der Waals surface area contributed by atoms with E-state index in [1.54, 1.807) is 37.3 Å². The van der Waals surface area contributed by atoms with E-state index in [4.69, 9.17) is 11.6 Å². The highest BCUT2D eigenvalue weighted by Crippen LogP contribution is 2.28. The molecule has 0 aliphatic carbocycles. The van der Waals surface area contributed by atoms with Crippen LogP contribution in [0, 0.1) is 0 Å². The lowest BCUT2D eigenvalue weighted by molar-refractivity contribution is -0.131. The normalized spacial score (nSPS) is 18.1. The molecule has 2 aromatic carbocycles. The Morgan fingerprint density at radius 2 is 1.79 bits per heavy atom. The second-order valence-corrected chi connectivity index (χ2v) is 8.56. The van der Waals surface area contributed by atoms with Gasteiger partial charge in [0.1, 0.15) is 16.4 Å². The van der Waals surface area contributed by atoms with Crippen molar-refractivity contribution in [2.45, 2.75) is 19.0 Å². The molecule has 10 nitrogen and oxygen atoms in total. The molecule has 2 aromatic heterocycles. The van der Waals surface area contributed by atoms with E-state index in [9.17, 15) is 24.3 Å². The number of pyridine rings is 1. The van der Waals surface area contributed by atoms with Gasteiger partial charge in [-0.25, -0.2) is 9.48 Å². The molecule has 1 unspecified atom stereocenters. The number of hydrogen-bond donors (Lipinski definition) is 3. The zero-order chi connectivity index (χ0) is 24.2. The topological polar surface area (TPSA) is 137 Å². The molecule has 11 heteroatoms. The highest BCUT2D eigenvalue weighted by molar-refractivity contribution is 6.31. The van der Waals surface area contributed by atoms with Crippen LogP contribution in [0.4, 0.5) is 4.79 Å². The number of hydrogen-bond acceptors (Lipinski definition) is 6. The number of halogens is 1.